The number of carbonyl (C=O) groups is 1. The van der Waals surface area contributed by atoms with Gasteiger partial charge in [-0.1, -0.05) is 5.16 Å². The van der Waals surface area contributed by atoms with E-state index in [0.29, 0.717) is 12.5 Å². The monoisotopic (exact) mass is 329 g/mol. The Morgan fingerprint density at radius 3 is 3.04 bits per heavy atom. The average Bonchev–Trinajstić information content (AvgIpc) is 3.32. The van der Waals surface area contributed by atoms with Gasteiger partial charge in [-0.25, -0.2) is 0 Å². The Kier molecular flexibility index (Phi) is 4.10. The van der Waals surface area contributed by atoms with Crippen LogP contribution in [0.2, 0.25) is 0 Å². The van der Waals surface area contributed by atoms with Crippen molar-refractivity contribution in [2.24, 2.45) is 0 Å². The molecule has 0 spiro atoms. The first-order valence-electron chi connectivity index (χ1n) is 8.68. The van der Waals surface area contributed by atoms with E-state index in [9.17, 15) is 4.79 Å². The fourth-order valence-electron chi connectivity index (χ4n) is 3.62. The highest BCUT2D eigenvalue weighted by Gasteiger charge is 2.27. The van der Waals surface area contributed by atoms with Crippen LogP contribution >= 0.6 is 0 Å². The maximum atomic E-state index is 11.8. The summed E-state index contributed by atoms with van der Waals surface area (Å²) in [5.41, 5.74) is 1.87. The molecule has 2 aliphatic rings. The second-order valence-corrected chi connectivity index (χ2v) is 6.76. The van der Waals surface area contributed by atoms with E-state index < -0.39 is 0 Å². The topological polar surface area (TPSA) is 67.4 Å². The molecule has 7 heteroatoms. The molecule has 0 aliphatic carbocycles. The molecule has 2 aromatic rings. The fraction of sp³-hybridized carbons (Fsp3) is 0.588. The maximum Gasteiger partial charge on any atom is 0.227 e. The van der Waals surface area contributed by atoms with Crippen LogP contribution in [0.3, 0.4) is 0 Å². The molecule has 0 aromatic carbocycles. The van der Waals surface area contributed by atoms with Gasteiger partial charge in [0.2, 0.25) is 5.91 Å². The van der Waals surface area contributed by atoms with E-state index >= 15 is 0 Å². The number of nitrogens with zero attached hydrogens (tertiary/aromatic N) is 5. The molecule has 1 unspecified atom stereocenters. The van der Waals surface area contributed by atoms with Crippen LogP contribution < -0.4 is 4.90 Å². The van der Waals surface area contributed by atoms with Crippen LogP contribution in [0, 0.1) is 6.92 Å². The lowest BCUT2D eigenvalue weighted by molar-refractivity contribution is -0.117. The maximum absolute atomic E-state index is 11.8. The lowest BCUT2D eigenvalue weighted by atomic mass is 10.3. The van der Waals surface area contributed by atoms with Gasteiger partial charge < -0.3 is 14.3 Å². The molecule has 2 aliphatic heterocycles. The van der Waals surface area contributed by atoms with Crippen LogP contribution in [0.4, 0.5) is 5.69 Å². The molecule has 7 nitrogen and oxygen atoms in total. The Morgan fingerprint density at radius 2 is 2.29 bits per heavy atom. The summed E-state index contributed by atoms with van der Waals surface area (Å²) in [6.45, 7) is 5.79. The van der Waals surface area contributed by atoms with Crippen molar-refractivity contribution in [2.45, 2.75) is 38.6 Å². The van der Waals surface area contributed by atoms with E-state index in [4.69, 9.17) is 4.52 Å². The summed E-state index contributed by atoms with van der Waals surface area (Å²) in [7, 11) is 0. The van der Waals surface area contributed by atoms with Crippen LogP contribution in [-0.2, 0) is 11.2 Å². The number of hydrogen-bond donors (Lipinski definition) is 0. The molecule has 0 radical (unpaired) electrons. The Hall–Kier alpha value is -2.15. The fourth-order valence-corrected chi connectivity index (χ4v) is 3.62. The quantitative estimate of drug-likeness (QED) is 0.837. The van der Waals surface area contributed by atoms with Gasteiger partial charge >= 0.3 is 0 Å². The molecule has 2 saturated heterocycles. The molecule has 24 heavy (non-hydrogen) atoms. The smallest absolute Gasteiger partial charge is 0.227 e. The molecule has 2 fully saturated rings. The number of amides is 1. The highest BCUT2D eigenvalue weighted by Crippen LogP contribution is 2.25. The van der Waals surface area contributed by atoms with E-state index in [0.717, 1.165) is 62.6 Å². The standard InChI is InChI=1S/C17H23N5O2/c1-13-9-16(24-19-13)5-8-20-7-4-14(11-20)22-12-15(10-18-22)21-6-2-3-17(21)23/h9-10,12,14H,2-8,11H2,1H3. The summed E-state index contributed by atoms with van der Waals surface area (Å²) in [5.74, 6) is 1.16. The minimum atomic E-state index is 0.213. The molecule has 1 amide bonds. The SMILES string of the molecule is Cc1cc(CCN2CCC(n3cc(N4CCCC4=O)cn3)C2)on1. The summed E-state index contributed by atoms with van der Waals surface area (Å²) in [6, 6.07) is 2.38. The molecule has 2 aromatic heterocycles. The van der Waals surface area contributed by atoms with Crippen molar-refractivity contribution in [3.05, 3.63) is 29.9 Å². The number of aryl methyl sites for hydroxylation is 1. The second kappa shape index (κ2) is 6.39. The first-order chi connectivity index (χ1) is 11.7. The normalized spacial score (nSPS) is 22.0. The minimum Gasteiger partial charge on any atom is -0.361 e. The number of likely N-dealkylation sites (tertiary alicyclic amines) is 1. The molecule has 0 bridgehead atoms. The van der Waals surface area contributed by atoms with Crippen LogP contribution in [-0.4, -0.2) is 51.9 Å². The van der Waals surface area contributed by atoms with Crippen LogP contribution in [0.25, 0.3) is 0 Å². The van der Waals surface area contributed by atoms with Gasteiger partial charge in [0.05, 0.1) is 23.6 Å². The highest BCUT2D eigenvalue weighted by molar-refractivity contribution is 5.95. The number of rotatable bonds is 5. The van der Waals surface area contributed by atoms with Crippen molar-refractivity contribution in [3.63, 3.8) is 0 Å². The van der Waals surface area contributed by atoms with E-state index in [1.54, 1.807) is 0 Å². The molecule has 0 N–H and O–H groups in total. The Balaban J connectivity index is 1.33. The number of carbonyl (C=O) groups excluding carboxylic acids is 1. The molecule has 4 heterocycles. The summed E-state index contributed by atoms with van der Waals surface area (Å²) in [6.07, 6.45) is 7.43. The van der Waals surface area contributed by atoms with Crippen molar-refractivity contribution in [3.8, 4) is 0 Å². The van der Waals surface area contributed by atoms with Crippen LogP contribution in [0.5, 0.6) is 0 Å². The third kappa shape index (κ3) is 3.08. The third-order valence-corrected chi connectivity index (χ3v) is 4.95. The minimum absolute atomic E-state index is 0.213. The van der Waals surface area contributed by atoms with Gasteiger partial charge in [0.1, 0.15) is 5.76 Å². The van der Waals surface area contributed by atoms with Crippen LogP contribution in [0.15, 0.2) is 23.0 Å². The molecular formula is C17H23N5O2. The zero-order chi connectivity index (χ0) is 16.5. The van der Waals surface area contributed by atoms with Crippen molar-refractivity contribution < 1.29 is 9.32 Å². The number of anilines is 1. The van der Waals surface area contributed by atoms with Gasteiger partial charge in [0.15, 0.2) is 0 Å². The summed E-state index contributed by atoms with van der Waals surface area (Å²) in [4.78, 5) is 16.1. The van der Waals surface area contributed by atoms with E-state index in [1.807, 2.05) is 35.0 Å². The Labute approximate surface area is 141 Å². The summed E-state index contributed by atoms with van der Waals surface area (Å²) >= 11 is 0. The lowest BCUT2D eigenvalue weighted by Gasteiger charge is -2.15. The van der Waals surface area contributed by atoms with E-state index in [2.05, 4.69) is 15.2 Å². The van der Waals surface area contributed by atoms with Gasteiger partial charge in [0.25, 0.3) is 0 Å². The van der Waals surface area contributed by atoms with Crippen molar-refractivity contribution in [2.75, 3.05) is 31.1 Å². The first kappa shape index (κ1) is 15.4. The van der Waals surface area contributed by atoms with E-state index in [1.165, 1.54) is 0 Å². The predicted molar refractivity (Wildman–Crippen MR) is 88.9 cm³/mol. The van der Waals surface area contributed by atoms with Crippen LogP contribution in [0.1, 0.15) is 36.8 Å². The third-order valence-electron chi connectivity index (χ3n) is 4.95. The predicted octanol–water partition coefficient (Wildman–Crippen LogP) is 1.80. The Bertz CT molecular complexity index is 722. The van der Waals surface area contributed by atoms with Gasteiger partial charge in [-0.05, 0) is 19.8 Å². The first-order valence-corrected chi connectivity index (χ1v) is 8.68. The Morgan fingerprint density at radius 1 is 1.38 bits per heavy atom. The molecule has 0 saturated carbocycles. The molecule has 128 valence electrons. The van der Waals surface area contributed by atoms with Gasteiger partial charge in [-0.2, -0.15) is 5.10 Å². The zero-order valence-electron chi connectivity index (χ0n) is 14.0. The lowest BCUT2D eigenvalue weighted by Crippen LogP contribution is -2.24. The largest absolute Gasteiger partial charge is 0.361 e. The van der Waals surface area contributed by atoms with Gasteiger partial charge in [-0.3, -0.25) is 9.48 Å². The van der Waals surface area contributed by atoms with E-state index in [-0.39, 0.29) is 5.91 Å². The van der Waals surface area contributed by atoms with Crippen molar-refractivity contribution in [1.82, 2.24) is 19.8 Å². The summed E-state index contributed by atoms with van der Waals surface area (Å²) in [5, 5.41) is 8.43. The summed E-state index contributed by atoms with van der Waals surface area (Å²) < 4.78 is 7.30. The second-order valence-electron chi connectivity index (χ2n) is 6.76. The molecular weight excluding hydrogens is 306 g/mol. The van der Waals surface area contributed by atoms with Crippen molar-refractivity contribution >= 4 is 11.6 Å². The number of hydrogen-bond acceptors (Lipinski definition) is 5. The zero-order valence-corrected chi connectivity index (χ0v) is 14.0. The number of aromatic nitrogens is 3. The highest BCUT2D eigenvalue weighted by atomic mass is 16.5. The van der Waals surface area contributed by atoms with Crippen molar-refractivity contribution in [1.29, 1.82) is 0 Å². The van der Waals surface area contributed by atoms with Gasteiger partial charge in [0, 0.05) is 51.3 Å². The average molecular weight is 329 g/mol. The molecule has 4 rings (SSSR count). The van der Waals surface area contributed by atoms with Gasteiger partial charge in [-0.15, -0.1) is 0 Å². The molecule has 1 atom stereocenters.